The number of carbonyl (C=O) groups is 1. The maximum absolute atomic E-state index is 13.0. The summed E-state index contributed by atoms with van der Waals surface area (Å²) in [5.41, 5.74) is 1.17. The molecule has 0 saturated carbocycles. The first-order valence-electron chi connectivity index (χ1n) is 9.18. The van der Waals surface area contributed by atoms with Gasteiger partial charge >= 0.3 is 0 Å². The number of aromatic nitrogens is 2. The topological polar surface area (TPSA) is 64.6 Å². The Labute approximate surface area is 168 Å². The van der Waals surface area contributed by atoms with Gasteiger partial charge in [-0.3, -0.25) is 4.79 Å². The molecule has 0 bridgehead atoms. The summed E-state index contributed by atoms with van der Waals surface area (Å²) in [4.78, 5) is 22.3. The summed E-state index contributed by atoms with van der Waals surface area (Å²) in [5, 5.41) is 0. The summed E-state index contributed by atoms with van der Waals surface area (Å²) in [7, 11) is 3.34. The highest BCUT2D eigenvalue weighted by molar-refractivity contribution is 5.95. The normalized spacial score (nSPS) is 10.4. The summed E-state index contributed by atoms with van der Waals surface area (Å²) in [6.45, 7) is 0.993. The van der Waals surface area contributed by atoms with Crippen molar-refractivity contribution >= 4 is 5.91 Å². The average Bonchev–Trinajstić information content (AvgIpc) is 2.77. The second-order valence-corrected chi connectivity index (χ2v) is 6.39. The van der Waals surface area contributed by atoms with Crippen LogP contribution in [0.25, 0.3) is 11.4 Å². The summed E-state index contributed by atoms with van der Waals surface area (Å²) in [5.74, 6) is 1.10. The smallest absolute Gasteiger partial charge is 0.253 e. The fourth-order valence-electron chi connectivity index (χ4n) is 2.80. The van der Waals surface area contributed by atoms with Crippen LogP contribution >= 0.6 is 0 Å². The minimum Gasteiger partial charge on any atom is -0.493 e. The highest BCUT2D eigenvalue weighted by atomic mass is 19.1. The predicted molar refractivity (Wildman–Crippen MR) is 107 cm³/mol. The maximum Gasteiger partial charge on any atom is 0.253 e. The van der Waals surface area contributed by atoms with Crippen LogP contribution in [0.3, 0.4) is 0 Å². The summed E-state index contributed by atoms with van der Waals surface area (Å²) in [6, 6.07) is 14.4. The van der Waals surface area contributed by atoms with E-state index in [0.717, 1.165) is 12.4 Å². The number of benzene rings is 2. The fourth-order valence-corrected chi connectivity index (χ4v) is 2.80. The van der Waals surface area contributed by atoms with Gasteiger partial charge in [0.25, 0.3) is 5.91 Å². The molecule has 0 aliphatic rings. The van der Waals surface area contributed by atoms with Crippen molar-refractivity contribution in [3.05, 3.63) is 72.3 Å². The number of methoxy groups -OCH3 is 1. The van der Waals surface area contributed by atoms with Crippen molar-refractivity contribution in [3.63, 3.8) is 0 Å². The number of hydrogen-bond donors (Lipinski definition) is 0. The van der Waals surface area contributed by atoms with Gasteiger partial charge in [-0.1, -0.05) is 24.3 Å². The van der Waals surface area contributed by atoms with Gasteiger partial charge in [-0.2, -0.15) is 0 Å². The van der Waals surface area contributed by atoms with Crippen LogP contribution < -0.4 is 9.47 Å². The predicted octanol–water partition coefficient (Wildman–Crippen LogP) is 3.83. The van der Waals surface area contributed by atoms with Crippen LogP contribution in [0.15, 0.2) is 60.9 Å². The van der Waals surface area contributed by atoms with Gasteiger partial charge in [-0.05, 0) is 30.7 Å². The monoisotopic (exact) mass is 395 g/mol. The molecule has 7 heteroatoms. The lowest BCUT2D eigenvalue weighted by Gasteiger charge is -2.18. The lowest BCUT2D eigenvalue weighted by atomic mass is 10.1. The van der Waals surface area contributed by atoms with Crippen molar-refractivity contribution in [1.82, 2.24) is 14.9 Å². The number of halogens is 1. The zero-order valence-corrected chi connectivity index (χ0v) is 16.3. The van der Waals surface area contributed by atoms with E-state index in [1.807, 2.05) is 24.3 Å². The Balaban J connectivity index is 1.56. The van der Waals surface area contributed by atoms with Gasteiger partial charge < -0.3 is 14.4 Å². The van der Waals surface area contributed by atoms with Gasteiger partial charge in [0.2, 0.25) is 0 Å². The average molecular weight is 395 g/mol. The van der Waals surface area contributed by atoms with E-state index in [9.17, 15) is 9.18 Å². The number of ether oxygens (including phenoxy) is 2. The van der Waals surface area contributed by atoms with Crippen molar-refractivity contribution in [2.45, 2.75) is 6.42 Å². The van der Waals surface area contributed by atoms with Gasteiger partial charge in [-0.15, -0.1) is 0 Å². The van der Waals surface area contributed by atoms with E-state index in [4.69, 9.17) is 9.47 Å². The molecule has 0 radical (unpaired) electrons. The first-order chi connectivity index (χ1) is 14.1. The maximum atomic E-state index is 13.0. The number of carbonyl (C=O) groups excluding carboxylic acids is 1. The number of nitrogens with zero attached hydrogens (tertiary/aromatic N) is 3. The molecule has 0 aliphatic carbocycles. The SMILES string of the molecule is COc1ccccc1OCCCN(C)C(=O)c1cccc(-c2ncc(F)cn2)c1. The van der Waals surface area contributed by atoms with Gasteiger partial charge in [0.15, 0.2) is 23.1 Å². The third-order valence-electron chi connectivity index (χ3n) is 4.30. The van der Waals surface area contributed by atoms with Crippen LogP contribution in [0.1, 0.15) is 16.8 Å². The van der Waals surface area contributed by atoms with E-state index in [2.05, 4.69) is 9.97 Å². The molecule has 0 N–H and O–H groups in total. The standard InChI is InChI=1S/C22H22FN3O3/c1-26(11-6-12-29-20-10-4-3-9-19(20)28-2)22(27)17-8-5-7-16(13-17)21-24-14-18(23)15-25-21/h3-5,7-10,13-15H,6,11-12H2,1-2H3. The molecule has 0 atom stereocenters. The second-order valence-electron chi connectivity index (χ2n) is 6.39. The first-order valence-corrected chi connectivity index (χ1v) is 9.18. The molecule has 1 amide bonds. The lowest BCUT2D eigenvalue weighted by molar-refractivity contribution is 0.0787. The molecule has 1 aromatic heterocycles. The number of amides is 1. The van der Waals surface area contributed by atoms with Crippen LogP contribution in [0.5, 0.6) is 11.5 Å². The number of rotatable bonds is 8. The largest absolute Gasteiger partial charge is 0.493 e. The first kappa shape index (κ1) is 20.3. The van der Waals surface area contributed by atoms with Crippen LogP contribution in [-0.4, -0.2) is 48.1 Å². The van der Waals surface area contributed by atoms with Crippen molar-refractivity contribution in [2.75, 3.05) is 27.3 Å². The Bertz CT molecular complexity index is 964. The molecule has 0 unspecified atom stereocenters. The summed E-state index contributed by atoms with van der Waals surface area (Å²) >= 11 is 0. The molecule has 0 saturated heterocycles. The Morgan fingerprint density at radius 2 is 1.79 bits per heavy atom. The van der Waals surface area contributed by atoms with Gasteiger partial charge in [0, 0.05) is 24.7 Å². The minimum absolute atomic E-state index is 0.119. The van der Waals surface area contributed by atoms with Crippen LogP contribution in [0.4, 0.5) is 4.39 Å². The Hall–Kier alpha value is -3.48. The minimum atomic E-state index is -0.504. The van der Waals surface area contributed by atoms with E-state index in [1.54, 1.807) is 43.3 Å². The second kappa shape index (κ2) is 9.64. The van der Waals surface area contributed by atoms with E-state index >= 15 is 0 Å². The Morgan fingerprint density at radius 1 is 1.07 bits per heavy atom. The van der Waals surface area contributed by atoms with Gasteiger partial charge in [-0.25, -0.2) is 14.4 Å². The van der Waals surface area contributed by atoms with Crippen LogP contribution in [0.2, 0.25) is 0 Å². The van der Waals surface area contributed by atoms with E-state index in [0.29, 0.717) is 48.0 Å². The highest BCUT2D eigenvalue weighted by Gasteiger charge is 2.13. The lowest BCUT2D eigenvalue weighted by Crippen LogP contribution is -2.28. The van der Waals surface area contributed by atoms with E-state index in [1.165, 1.54) is 0 Å². The molecule has 3 rings (SSSR count). The van der Waals surface area contributed by atoms with Crippen LogP contribution in [-0.2, 0) is 0 Å². The molecular weight excluding hydrogens is 373 g/mol. The number of para-hydroxylation sites is 2. The van der Waals surface area contributed by atoms with Gasteiger partial charge in [0.1, 0.15) is 0 Å². The third-order valence-corrected chi connectivity index (χ3v) is 4.30. The number of hydrogen-bond acceptors (Lipinski definition) is 5. The molecule has 150 valence electrons. The van der Waals surface area contributed by atoms with Crippen LogP contribution in [0, 0.1) is 5.82 Å². The molecule has 0 fully saturated rings. The van der Waals surface area contributed by atoms with Crippen molar-refractivity contribution in [1.29, 1.82) is 0 Å². The van der Waals surface area contributed by atoms with E-state index < -0.39 is 5.82 Å². The molecule has 0 spiro atoms. The highest BCUT2D eigenvalue weighted by Crippen LogP contribution is 2.25. The fraction of sp³-hybridized carbons (Fsp3) is 0.227. The quantitative estimate of drug-likeness (QED) is 0.543. The molecule has 29 heavy (non-hydrogen) atoms. The molecule has 6 nitrogen and oxygen atoms in total. The van der Waals surface area contributed by atoms with Crippen molar-refractivity contribution in [3.8, 4) is 22.9 Å². The Kier molecular flexibility index (Phi) is 6.73. The van der Waals surface area contributed by atoms with Crippen molar-refractivity contribution in [2.24, 2.45) is 0 Å². The van der Waals surface area contributed by atoms with E-state index in [-0.39, 0.29) is 5.91 Å². The molecule has 0 aliphatic heterocycles. The molecular formula is C22H22FN3O3. The third kappa shape index (κ3) is 5.28. The summed E-state index contributed by atoms with van der Waals surface area (Å²) < 4.78 is 24.0. The zero-order valence-electron chi connectivity index (χ0n) is 16.3. The zero-order chi connectivity index (χ0) is 20.6. The summed E-state index contributed by atoms with van der Waals surface area (Å²) in [6.07, 6.45) is 2.87. The van der Waals surface area contributed by atoms with Crippen molar-refractivity contribution < 1.29 is 18.7 Å². The molecule has 1 heterocycles. The van der Waals surface area contributed by atoms with Gasteiger partial charge in [0.05, 0.1) is 26.1 Å². The Morgan fingerprint density at radius 3 is 2.52 bits per heavy atom. The molecule has 3 aromatic rings. The molecule has 2 aromatic carbocycles.